The van der Waals surface area contributed by atoms with Gasteiger partial charge in [0.15, 0.2) is 0 Å². The molecule has 0 radical (unpaired) electrons. The van der Waals surface area contributed by atoms with Crippen LogP contribution < -0.4 is 4.72 Å². The second-order valence-electron chi connectivity index (χ2n) is 8.91. The number of hydrogen-bond donors (Lipinski definition) is 1. The maximum Gasteiger partial charge on any atom is 0.410 e. The van der Waals surface area contributed by atoms with Gasteiger partial charge in [0.05, 0.1) is 17.0 Å². The van der Waals surface area contributed by atoms with E-state index in [0.717, 1.165) is 56.4 Å². The lowest BCUT2D eigenvalue weighted by atomic mass is 9.77. The van der Waals surface area contributed by atoms with E-state index < -0.39 is 21.7 Å². The van der Waals surface area contributed by atoms with E-state index in [1.807, 2.05) is 4.90 Å². The third kappa shape index (κ3) is 4.51. The van der Waals surface area contributed by atoms with E-state index in [2.05, 4.69) is 4.72 Å². The third-order valence-electron chi connectivity index (χ3n) is 7.19. The van der Waals surface area contributed by atoms with E-state index in [-0.39, 0.29) is 22.1 Å². The number of carbonyl (C=O) groups is 2. The molecular weight excluding hydrogens is 474 g/mol. The van der Waals surface area contributed by atoms with Gasteiger partial charge in [0.25, 0.3) is 0 Å². The smallest absolute Gasteiger partial charge is 0.410 e. The predicted octanol–water partition coefficient (Wildman–Crippen LogP) is 3.46. The number of rotatable bonds is 8. The summed E-state index contributed by atoms with van der Waals surface area (Å²) in [4.78, 5) is 28.4. The molecule has 0 aromatic carbocycles. The van der Waals surface area contributed by atoms with Gasteiger partial charge in [-0.25, -0.2) is 17.9 Å². The molecule has 3 aliphatic rings. The lowest BCUT2D eigenvalue weighted by Gasteiger charge is -2.48. The number of halogens is 1. The molecule has 1 saturated heterocycles. The van der Waals surface area contributed by atoms with Crippen molar-refractivity contribution in [2.45, 2.75) is 67.2 Å². The topological polar surface area (TPSA) is 96.0 Å². The largest absolute Gasteiger partial charge is 0.453 e. The molecule has 2 bridgehead atoms. The number of thiophene rings is 1. The normalized spacial score (nSPS) is 27.7. The number of carbonyl (C=O) groups excluding carboxylic acids is 2. The van der Waals surface area contributed by atoms with Crippen LogP contribution in [0, 0.1) is 5.92 Å². The van der Waals surface area contributed by atoms with Crippen LogP contribution >= 0.6 is 22.9 Å². The molecule has 1 aromatic heterocycles. The summed E-state index contributed by atoms with van der Waals surface area (Å²) in [5, 5.41) is 0. The Bertz CT molecular complexity index is 964. The molecule has 0 spiro atoms. The monoisotopic (exact) mass is 503 g/mol. The molecule has 8 nitrogen and oxygen atoms in total. The van der Waals surface area contributed by atoms with Crippen LogP contribution in [0.2, 0.25) is 4.34 Å². The fourth-order valence-corrected chi connectivity index (χ4v) is 8.61. The molecule has 2 saturated carbocycles. The van der Waals surface area contributed by atoms with Gasteiger partial charge >= 0.3 is 6.09 Å². The van der Waals surface area contributed by atoms with E-state index in [4.69, 9.17) is 16.3 Å². The minimum atomic E-state index is -3.76. The molecule has 1 aliphatic heterocycles. The molecule has 11 heteroatoms. The zero-order valence-electron chi connectivity index (χ0n) is 18.2. The van der Waals surface area contributed by atoms with Gasteiger partial charge in [-0.15, -0.1) is 11.3 Å². The van der Waals surface area contributed by atoms with E-state index in [1.165, 1.54) is 13.2 Å². The second kappa shape index (κ2) is 9.48. The van der Waals surface area contributed by atoms with Gasteiger partial charge in [0, 0.05) is 32.1 Å². The zero-order valence-corrected chi connectivity index (χ0v) is 20.6. The van der Waals surface area contributed by atoms with Gasteiger partial charge in [0.1, 0.15) is 4.21 Å². The minimum absolute atomic E-state index is 0.159. The van der Waals surface area contributed by atoms with Gasteiger partial charge in [-0.05, 0) is 56.6 Å². The first-order valence-corrected chi connectivity index (χ1v) is 13.9. The van der Waals surface area contributed by atoms with E-state index in [0.29, 0.717) is 30.3 Å². The molecule has 4 rings (SSSR count). The van der Waals surface area contributed by atoms with Crippen LogP contribution in [0.3, 0.4) is 0 Å². The summed E-state index contributed by atoms with van der Waals surface area (Å²) >= 11 is 6.99. The van der Waals surface area contributed by atoms with Crippen LogP contribution in [-0.2, 0) is 19.6 Å². The number of sulfonamides is 1. The van der Waals surface area contributed by atoms with Crippen LogP contribution in [-0.4, -0.2) is 68.5 Å². The summed E-state index contributed by atoms with van der Waals surface area (Å²) in [5.74, 6) is 0.327. The number of nitrogens with one attached hydrogen (secondary N) is 1. The highest BCUT2D eigenvalue weighted by Gasteiger charge is 2.56. The van der Waals surface area contributed by atoms with Crippen molar-refractivity contribution in [2.75, 3.05) is 26.7 Å². The number of fused-ring (bicyclic) bond motifs is 2. The quantitative estimate of drug-likeness (QED) is 0.586. The Labute approximate surface area is 198 Å². The van der Waals surface area contributed by atoms with Gasteiger partial charge < -0.3 is 14.5 Å². The van der Waals surface area contributed by atoms with Crippen LogP contribution in [0.4, 0.5) is 4.79 Å². The highest BCUT2D eigenvalue weighted by molar-refractivity contribution is 7.91. The van der Waals surface area contributed by atoms with Crippen molar-refractivity contribution in [3.63, 3.8) is 0 Å². The lowest BCUT2D eigenvalue weighted by Crippen LogP contribution is -2.64. The Kier molecular flexibility index (Phi) is 7.05. The van der Waals surface area contributed by atoms with Crippen molar-refractivity contribution in [3.05, 3.63) is 16.5 Å². The van der Waals surface area contributed by atoms with Gasteiger partial charge in [-0.1, -0.05) is 18.0 Å². The van der Waals surface area contributed by atoms with Gasteiger partial charge in [-0.3, -0.25) is 4.79 Å². The van der Waals surface area contributed by atoms with E-state index in [1.54, 1.807) is 11.0 Å². The van der Waals surface area contributed by atoms with Crippen molar-refractivity contribution < 1.29 is 22.7 Å². The zero-order chi connectivity index (χ0) is 22.9. The fourth-order valence-electron chi connectivity index (χ4n) is 5.74. The Morgan fingerprint density at radius 3 is 2.81 bits per heavy atom. The molecule has 3 fully saturated rings. The first-order chi connectivity index (χ1) is 15.3. The molecule has 178 valence electrons. The number of methoxy groups -OCH3 is 1. The highest BCUT2D eigenvalue weighted by atomic mass is 35.5. The number of ether oxygens (including phenoxy) is 1. The molecule has 1 N–H and O–H groups in total. The first kappa shape index (κ1) is 23.8. The van der Waals surface area contributed by atoms with Crippen LogP contribution in [0.15, 0.2) is 16.3 Å². The maximum atomic E-state index is 13.1. The van der Waals surface area contributed by atoms with Gasteiger partial charge in [0.2, 0.25) is 15.9 Å². The molecule has 32 heavy (non-hydrogen) atoms. The van der Waals surface area contributed by atoms with Crippen molar-refractivity contribution in [2.24, 2.45) is 5.92 Å². The van der Waals surface area contributed by atoms with Crippen LogP contribution in [0.5, 0.6) is 0 Å². The summed E-state index contributed by atoms with van der Waals surface area (Å²) in [6.07, 6.45) is 5.83. The standard InChI is InChI=1S/C21H30ClN3O5S2/c1-30-20(27)25(14-4-13-24-12-3-6-17(24)26)21-10-2-5-15(9-11-21)19(21)23-32(28,29)18-8-7-16(22)31-18/h7-8,15,19,23H,2-6,9-14H2,1H3/t15-,19-,21-/m0/s1. The van der Waals surface area contributed by atoms with Crippen LogP contribution in [0.1, 0.15) is 51.4 Å². The van der Waals surface area contributed by atoms with Crippen molar-refractivity contribution in [1.82, 2.24) is 14.5 Å². The van der Waals surface area contributed by atoms with Crippen molar-refractivity contribution >= 4 is 45.0 Å². The van der Waals surface area contributed by atoms with Gasteiger partial charge in [-0.2, -0.15) is 0 Å². The van der Waals surface area contributed by atoms with Crippen LogP contribution in [0.25, 0.3) is 0 Å². The molecule has 0 unspecified atom stereocenters. The Balaban J connectivity index is 1.56. The molecular formula is C21H30ClN3O5S2. The van der Waals surface area contributed by atoms with Crippen molar-refractivity contribution in [1.29, 1.82) is 0 Å². The summed E-state index contributed by atoms with van der Waals surface area (Å²) in [6, 6.07) is 2.71. The van der Waals surface area contributed by atoms with E-state index in [9.17, 15) is 18.0 Å². The predicted molar refractivity (Wildman–Crippen MR) is 122 cm³/mol. The second-order valence-corrected chi connectivity index (χ2v) is 12.6. The lowest BCUT2D eigenvalue weighted by molar-refractivity contribution is -0.127. The Hall–Kier alpha value is -1.36. The summed E-state index contributed by atoms with van der Waals surface area (Å²) in [6.45, 7) is 1.78. The maximum absolute atomic E-state index is 13.1. The highest BCUT2D eigenvalue weighted by Crippen LogP contribution is 2.49. The van der Waals surface area contributed by atoms with Crippen molar-refractivity contribution in [3.8, 4) is 0 Å². The Morgan fingerprint density at radius 1 is 1.34 bits per heavy atom. The number of amides is 2. The number of hydrogen-bond acceptors (Lipinski definition) is 6. The molecule has 1 aromatic rings. The summed E-state index contributed by atoms with van der Waals surface area (Å²) < 4.78 is 34.9. The average molecular weight is 504 g/mol. The summed E-state index contributed by atoms with van der Waals surface area (Å²) in [5.41, 5.74) is -0.626. The molecule has 3 atom stereocenters. The molecule has 2 aliphatic carbocycles. The fraction of sp³-hybridized carbons (Fsp3) is 0.714. The number of likely N-dealkylation sites (tertiary alicyclic amines) is 1. The molecule has 2 amide bonds. The third-order valence-corrected chi connectivity index (χ3v) is 10.4. The minimum Gasteiger partial charge on any atom is -0.453 e. The Morgan fingerprint density at radius 2 is 2.16 bits per heavy atom. The average Bonchev–Trinajstić information content (AvgIpc) is 3.42. The van der Waals surface area contributed by atoms with E-state index >= 15 is 0 Å². The summed E-state index contributed by atoms with van der Waals surface area (Å²) in [7, 11) is -2.40. The number of nitrogens with zero attached hydrogens (tertiary/aromatic N) is 2. The molecule has 2 heterocycles. The first-order valence-electron chi connectivity index (χ1n) is 11.2. The SMILES string of the molecule is COC(=O)N(CCCN1CCCC1=O)[C@@]12CCC[C@@H](CC1)[C@@H]2NS(=O)(=O)c1ccc(Cl)s1.